The molecule has 0 amide bonds. The average Bonchev–Trinajstić information content (AvgIpc) is 3.66. The van der Waals surface area contributed by atoms with E-state index in [9.17, 15) is 0 Å². The van der Waals surface area contributed by atoms with E-state index in [0.717, 1.165) is 50.1 Å². The molecule has 0 N–H and O–H groups in total. The number of fused-ring (bicyclic) bond motifs is 7. The summed E-state index contributed by atoms with van der Waals surface area (Å²) in [7, 11) is 0. The Kier molecular flexibility index (Phi) is 7.53. The maximum atomic E-state index is 6.35. The van der Waals surface area contributed by atoms with E-state index in [4.69, 9.17) is 4.42 Å². The molecule has 0 aliphatic heterocycles. The van der Waals surface area contributed by atoms with Crippen molar-refractivity contribution in [2.45, 2.75) is 0 Å². The van der Waals surface area contributed by atoms with Crippen molar-refractivity contribution < 1.29 is 4.42 Å². The molecule has 0 radical (unpaired) electrons. The van der Waals surface area contributed by atoms with Crippen LogP contribution in [0.3, 0.4) is 0 Å². The van der Waals surface area contributed by atoms with Gasteiger partial charge in [-0.25, -0.2) is 0 Å². The predicted molar refractivity (Wildman–Crippen MR) is 237 cm³/mol. The van der Waals surface area contributed by atoms with Gasteiger partial charge in [0.15, 0.2) is 0 Å². The average molecular weight is 714 g/mol. The first-order chi connectivity index (χ1) is 27.8. The number of furan rings is 1. The third-order valence-corrected chi connectivity index (χ3v) is 11.2. The van der Waals surface area contributed by atoms with Crippen LogP contribution in [-0.2, 0) is 0 Å². The summed E-state index contributed by atoms with van der Waals surface area (Å²) in [6.07, 6.45) is 0. The summed E-state index contributed by atoms with van der Waals surface area (Å²) < 4.78 is 6.35. The van der Waals surface area contributed by atoms with Crippen LogP contribution < -0.4 is 4.90 Å². The van der Waals surface area contributed by atoms with Crippen molar-refractivity contribution in [2.24, 2.45) is 0 Å². The number of benzene rings is 10. The van der Waals surface area contributed by atoms with Crippen LogP contribution in [0.25, 0.3) is 87.6 Å². The Hall–Kier alpha value is -7.42. The van der Waals surface area contributed by atoms with Crippen LogP contribution in [0.4, 0.5) is 17.1 Å². The van der Waals surface area contributed by atoms with E-state index in [0.29, 0.717) is 0 Å². The summed E-state index contributed by atoms with van der Waals surface area (Å²) in [5, 5.41) is 9.61. The van der Waals surface area contributed by atoms with Gasteiger partial charge >= 0.3 is 0 Å². The Labute approximate surface area is 325 Å². The number of nitrogens with zero attached hydrogens (tertiary/aromatic N) is 1. The maximum Gasteiger partial charge on any atom is 0.136 e. The molecule has 2 heteroatoms. The smallest absolute Gasteiger partial charge is 0.136 e. The Bertz CT molecular complexity index is 3250. The summed E-state index contributed by atoms with van der Waals surface area (Å²) >= 11 is 0. The molecule has 11 aromatic rings. The van der Waals surface area contributed by atoms with E-state index in [2.05, 4.69) is 211 Å². The monoisotopic (exact) mass is 713 g/mol. The molecule has 11 rings (SSSR count). The minimum atomic E-state index is 0.891. The lowest BCUT2D eigenvalue weighted by molar-refractivity contribution is 0.669. The van der Waals surface area contributed by atoms with Gasteiger partial charge in [0.05, 0.1) is 5.69 Å². The molecule has 56 heavy (non-hydrogen) atoms. The molecule has 0 unspecified atom stereocenters. The zero-order valence-corrected chi connectivity index (χ0v) is 30.6. The van der Waals surface area contributed by atoms with Crippen molar-refractivity contribution in [1.82, 2.24) is 0 Å². The molecule has 0 saturated carbocycles. The van der Waals surface area contributed by atoms with Crippen LogP contribution >= 0.6 is 0 Å². The number of hydrogen-bond donors (Lipinski definition) is 0. The summed E-state index contributed by atoms with van der Waals surface area (Å²) in [6, 6.07) is 76.6. The lowest BCUT2D eigenvalue weighted by Gasteiger charge is -2.31. The van der Waals surface area contributed by atoms with E-state index < -0.39 is 0 Å². The Balaban J connectivity index is 1.18. The van der Waals surface area contributed by atoms with Crippen molar-refractivity contribution in [3.63, 3.8) is 0 Å². The van der Waals surface area contributed by atoms with Crippen LogP contribution in [0.2, 0.25) is 0 Å². The van der Waals surface area contributed by atoms with Gasteiger partial charge in [0, 0.05) is 33.1 Å². The maximum absolute atomic E-state index is 6.35. The van der Waals surface area contributed by atoms with Gasteiger partial charge in [-0.3, -0.25) is 0 Å². The van der Waals surface area contributed by atoms with Gasteiger partial charge in [-0.1, -0.05) is 170 Å². The molecule has 1 heterocycles. The molecule has 2 nitrogen and oxygen atoms in total. The second-order valence-electron chi connectivity index (χ2n) is 14.5. The van der Waals surface area contributed by atoms with Crippen molar-refractivity contribution in [1.29, 1.82) is 0 Å². The molecule has 0 spiro atoms. The van der Waals surface area contributed by atoms with Gasteiger partial charge in [-0.2, -0.15) is 0 Å². The summed E-state index contributed by atoms with van der Waals surface area (Å²) in [5.41, 5.74) is 12.1. The van der Waals surface area contributed by atoms with E-state index in [1.165, 1.54) is 54.6 Å². The number of rotatable bonds is 6. The van der Waals surface area contributed by atoms with Crippen molar-refractivity contribution in [3.8, 4) is 33.4 Å². The highest BCUT2D eigenvalue weighted by Crippen LogP contribution is 2.50. The second kappa shape index (κ2) is 13.2. The molecular weight excluding hydrogens is 679 g/mol. The Morgan fingerprint density at radius 1 is 0.321 bits per heavy atom. The first-order valence-electron chi connectivity index (χ1n) is 19.2. The van der Waals surface area contributed by atoms with Crippen LogP contribution in [0.5, 0.6) is 0 Å². The van der Waals surface area contributed by atoms with Crippen molar-refractivity contribution in [2.75, 3.05) is 4.90 Å². The molecule has 0 saturated heterocycles. The molecule has 0 aliphatic carbocycles. The highest BCUT2D eigenvalue weighted by molar-refractivity contribution is 6.22. The quantitative estimate of drug-likeness (QED) is 0.160. The molecule has 10 aromatic carbocycles. The van der Waals surface area contributed by atoms with E-state index >= 15 is 0 Å². The number of hydrogen-bond acceptors (Lipinski definition) is 2. The van der Waals surface area contributed by atoms with Crippen LogP contribution in [0, 0.1) is 0 Å². The molecule has 0 fully saturated rings. The van der Waals surface area contributed by atoms with E-state index in [-0.39, 0.29) is 0 Å². The third kappa shape index (κ3) is 5.26. The second-order valence-corrected chi connectivity index (χ2v) is 14.5. The van der Waals surface area contributed by atoms with Gasteiger partial charge in [0.1, 0.15) is 11.2 Å². The lowest BCUT2D eigenvalue weighted by Crippen LogP contribution is -2.12. The van der Waals surface area contributed by atoms with Gasteiger partial charge in [-0.15, -0.1) is 0 Å². The largest absolute Gasteiger partial charge is 0.456 e. The van der Waals surface area contributed by atoms with Crippen molar-refractivity contribution in [3.05, 3.63) is 212 Å². The summed E-state index contributed by atoms with van der Waals surface area (Å²) in [5.74, 6) is 0. The van der Waals surface area contributed by atoms with Crippen molar-refractivity contribution >= 4 is 71.3 Å². The highest BCUT2D eigenvalue weighted by atomic mass is 16.3. The van der Waals surface area contributed by atoms with Gasteiger partial charge in [-0.05, 0) is 97.2 Å². The van der Waals surface area contributed by atoms with Gasteiger partial charge in [0.25, 0.3) is 0 Å². The predicted octanol–water partition coefficient (Wildman–Crippen LogP) is 15.5. The summed E-state index contributed by atoms with van der Waals surface area (Å²) in [6.45, 7) is 0. The topological polar surface area (TPSA) is 16.4 Å². The third-order valence-electron chi connectivity index (χ3n) is 11.2. The zero-order chi connectivity index (χ0) is 37.0. The minimum absolute atomic E-state index is 0.891. The zero-order valence-electron chi connectivity index (χ0n) is 30.6. The Morgan fingerprint density at radius 2 is 0.929 bits per heavy atom. The number of para-hydroxylation sites is 1. The van der Waals surface area contributed by atoms with Gasteiger partial charge in [0.2, 0.25) is 0 Å². The molecule has 262 valence electrons. The fourth-order valence-corrected chi connectivity index (χ4v) is 8.66. The lowest BCUT2D eigenvalue weighted by atomic mass is 9.89. The fourth-order valence-electron chi connectivity index (χ4n) is 8.66. The highest BCUT2D eigenvalue weighted by Gasteiger charge is 2.24. The normalized spacial score (nSPS) is 11.6. The molecule has 0 aliphatic rings. The minimum Gasteiger partial charge on any atom is -0.456 e. The van der Waals surface area contributed by atoms with E-state index in [1.54, 1.807) is 0 Å². The van der Waals surface area contributed by atoms with Crippen LogP contribution in [0.15, 0.2) is 217 Å². The first kappa shape index (κ1) is 32.0. The molecule has 1 aromatic heterocycles. The number of anilines is 3. The van der Waals surface area contributed by atoms with E-state index in [1.807, 2.05) is 6.07 Å². The van der Waals surface area contributed by atoms with Gasteiger partial charge < -0.3 is 9.32 Å². The molecular formula is C54H35NO. The first-order valence-corrected chi connectivity index (χ1v) is 19.2. The molecule has 0 atom stereocenters. The molecule has 0 bridgehead atoms. The summed E-state index contributed by atoms with van der Waals surface area (Å²) in [4.78, 5) is 2.47. The Morgan fingerprint density at radius 3 is 1.75 bits per heavy atom. The SMILES string of the molecule is c1ccc(-c2c(N(c3ccc(-c4ccc5ccccc5c4)cc3)c3cccc(-c4cccc5oc6ccccc6c45)c3)c3ccccc3c3ccccc23)cc1. The fraction of sp³-hybridized carbons (Fsp3) is 0. The van der Waals surface area contributed by atoms with Crippen LogP contribution in [-0.4, -0.2) is 0 Å². The van der Waals surface area contributed by atoms with Crippen LogP contribution in [0.1, 0.15) is 0 Å². The standard InChI is InChI=1S/C54H35NO/c1-2-15-38(16-3-1)52-47-22-8-6-20-45(47)46-21-7-9-23-48(46)54(52)55(42-32-30-37(31-33-42)40-29-28-36-14-4-5-17-39(36)34-40)43-19-12-18-41(35-43)44-25-13-27-51-53(44)49-24-10-11-26-50(49)56-51/h1-35H.